The topological polar surface area (TPSA) is 78.9 Å². The van der Waals surface area contributed by atoms with Crippen molar-refractivity contribution >= 4 is 17.9 Å². The lowest BCUT2D eigenvalue weighted by atomic mass is 10.1. The summed E-state index contributed by atoms with van der Waals surface area (Å²) in [6.07, 6.45) is 56.8. The number of carbonyl (C=O) groups is 3. The molecule has 0 saturated heterocycles. The number of unbranched alkanes of at least 4 members (excludes halogenated alkanes) is 16. The van der Waals surface area contributed by atoms with E-state index in [1.54, 1.807) is 0 Å². The molecule has 0 bridgehead atoms. The highest BCUT2D eigenvalue weighted by atomic mass is 16.6. The van der Waals surface area contributed by atoms with Gasteiger partial charge in [-0.15, -0.1) is 0 Å². The van der Waals surface area contributed by atoms with Crippen molar-refractivity contribution in [3.8, 4) is 0 Å². The van der Waals surface area contributed by atoms with E-state index in [-0.39, 0.29) is 37.5 Å². The molecule has 0 radical (unpaired) electrons. The van der Waals surface area contributed by atoms with Crippen LogP contribution in [0.25, 0.3) is 0 Å². The first-order valence-electron chi connectivity index (χ1n) is 22.3. The van der Waals surface area contributed by atoms with Gasteiger partial charge in [0.2, 0.25) is 0 Å². The van der Waals surface area contributed by atoms with Gasteiger partial charge < -0.3 is 14.2 Å². The van der Waals surface area contributed by atoms with E-state index in [2.05, 4.69) is 81.5 Å². The molecule has 0 N–H and O–H groups in total. The Hall–Kier alpha value is -3.67. The monoisotopic (exact) mass is 777 g/mol. The summed E-state index contributed by atoms with van der Waals surface area (Å²) in [5.74, 6) is -1.01. The van der Waals surface area contributed by atoms with Crippen molar-refractivity contribution in [2.75, 3.05) is 13.2 Å². The molecule has 0 aliphatic heterocycles. The summed E-state index contributed by atoms with van der Waals surface area (Å²) in [6, 6.07) is 0. The summed E-state index contributed by atoms with van der Waals surface area (Å²) in [7, 11) is 0. The molecule has 0 saturated carbocycles. The van der Waals surface area contributed by atoms with E-state index >= 15 is 0 Å². The number of allylic oxidation sites excluding steroid dienone is 16. The van der Waals surface area contributed by atoms with Crippen molar-refractivity contribution in [1.82, 2.24) is 0 Å². The molecule has 0 aliphatic rings. The van der Waals surface area contributed by atoms with Crippen molar-refractivity contribution in [2.24, 2.45) is 0 Å². The normalized spacial score (nSPS) is 13.0. The molecule has 0 spiro atoms. The molecule has 0 aromatic heterocycles. The van der Waals surface area contributed by atoms with Crippen LogP contribution in [0.1, 0.15) is 181 Å². The molecule has 1 atom stereocenters. The molecule has 0 aromatic carbocycles. The van der Waals surface area contributed by atoms with Gasteiger partial charge in [-0.25, -0.2) is 0 Å². The second kappa shape index (κ2) is 44.0. The Morgan fingerprint density at radius 3 is 1.29 bits per heavy atom. The van der Waals surface area contributed by atoms with E-state index in [1.165, 1.54) is 44.9 Å². The molecule has 6 heteroatoms. The van der Waals surface area contributed by atoms with Crippen molar-refractivity contribution in [2.45, 2.75) is 187 Å². The van der Waals surface area contributed by atoms with Gasteiger partial charge in [-0.3, -0.25) is 14.4 Å². The van der Waals surface area contributed by atoms with Gasteiger partial charge in [-0.2, -0.15) is 0 Å². The Bertz CT molecular complexity index is 1170. The third-order valence-electron chi connectivity index (χ3n) is 8.92. The van der Waals surface area contributed by atoms with Crippen LogP contribution in [-0.4, -0.2) is 37.2 Å². The van der Waals surface area contributed by atoms with Gasteiger partial charge in [0, 0.05) is 19.3 Å². The average molecular weight is 777 g/mol. The minimum absolute atomic E-state index is 0.112. The van der Waals surface area contributed by atoms with E-state index in [4.69, 9.17) is 14.2 Å². The van der Waals surface area contributed by atoms with Crippen molar-refractivity contribution in [3.63, 3.8) is 0 Å². The van der Waals surface area contributed by atoms with Gasteiger partial charge in [0.15, 0.2) is 6.10 Å². The highest BCUT2D eigenvalue weighted by Crippen LogP contribution is 2.11. The minimum Gasteiger partial charge on any atom is -0.462 e. The van der Waals surface area contributed by atoms with E-state index in [0.717, 1.165) is 89.9 Å². The SMILES string of the molecule is CCC\C=C/C=C\C=C/C=C\C=C/CCCCCCCC(=O)OCC(COC(=O)CCC/C=C\CCCCCC)OC(=O)CCCCC/C=C\C=C/CCCC. The molecule has 0 amide bonds. The van der Waals surface area contributed by atoms with Gasteiger partial charge >= 0.3 is 17.9 Å². The summed E-state index contributed by atoms with van der Waals surface area (Å²) < 4.78 is 16.6. The molecule has 316 valence electrons. The van der Waals surface area contributed by atoms with Gasteiger partial charge in [-0.05, 0) is 77.0 Å². The maximum Gasteiger partial charge on any atom is 0.306 e. The zero-order valence-corrected chi connectivity index (χ0v) is 35.9. The van der Waals surface area contributed by atoms with Crippen LogP contribution in [0.3, 0.4) is 0 Å². The first-order valence-corrected chi connectivity index (χ1v) is 22.3. The van der Waals surface area contributed by atoms with Gasteiger partial charge in [0.25, 0.3) is 0 Å². The summed E-state index contributed by atoms with van der Waals surface area (Å²) in [5, 5.41) is 0. The Kier molecular flexibility index (Phi) is 41.2. The highest BCUT2D eigenvalue weighted by molar-refractivity contribution is 5.71. The Labute approximate surface area is 343 Å². The zero-order chi connectivity index (χ0) is 40.8. The molecule has 0 heterocycles. The van der Waals surface area contributed by atoms with Gasteiger partial charge in [0.05, 0.1) is 0 Å². The number of hydrogen-bond donors (Lipinski definition) is 0. The molecule has 0 aromatic rings. The fourth-order valence-corrected chi connectivity index (χ4v) is 5.51. The first kappa shape index (κ1) is 52.3. The number of hydrogen-bond acceptors (Lipinski definition) is 6. The molecular weight excluding hydrogens is 697 g/mol. The standard InChI is InChI=1S/C50H80O6/c1-4-7-10-13-16-19-21-22-23-24-25-26-27-29-31-34-37-40-43-49(52)55-46-47(45-54-48(51)42-39-36-33-30-18-15-12-9-6-3)56-50(53)44-41-38-35-32-28-20-17-14-11-8-5-2/h10,13-14,16-17,19-26,28,30,33,47H,4-9,11-12,15,18,27,29,31-32,34-46H2,1-3H3/b13-10-,17-14-,19-16-,22-21-,24-23-,26-25-,28-20-,33-30-. The lowest BCUT2D eigenvalue weighted by Gasteiger charge is -2.18. The maximum atomic E-state index is 12.7. The molecule has 1 unspecified atom stereocenters. The third-order valence-corrected chi connectivity index (χ3v) is 8.92. The fourth-order valence-electron chi connectivity index (χ4n) is 5.51. The molecule has 0 rings (SSSR count). The van der Waals surface area contributed by atoms with E-state index in [1.807, 2.05) is 36.5 Å². The number of carbonyl (C=O) groups excluding carboxylic acids is 3. The average Bonchev–Trinajstić information content (AvgIpc) is 3.19. The smallest absolute Gasteiger partial charge is 0.306 e. The van der Waals surface area contributed by atoms with Gasteiger partial charge in [-0.1, -0.05) is 182 Å². The van der Waals surface area contributed by atoms with Crippen LogP contribution >= 0.6 is 0 Å². The Morgan fingerprint density at radius 1 is 0.357 bits per heavy atom. The van der Waals surface area contributed by atoms with E-state index in [9.17, 15) is 14.4 Å². The molecule has 6 nitrogen and oxygen atoms in total. The summed E-state index contributed by atoms with van der Waals surface area (Å²) in [5.41, 5.74) is 0. The second-order valence-corrected chi connectivity index (χ2v) is 14.4. The minimum atomic E-state index is -0.811. The Balaban J connectivity index is 4.47. The summed E-state index contributed by atoms with van der Waals surface area (Å²) in [6.45, 7) is 6.35. The first-order chi connectivity index (χ1) is 27.5. The zero-order valence-electron chi connectivity index (χ0n) is 35.9. The van der Waals surface area contributed by atoms with Crippen LogP contribution in [0.4, 0.5) is 0 Å². The molecule has 0 fully saturated rings. The lowest BCUT2D eigenvalue weighted by Crippen LogP contribution is -2.30. The molecule has 0 aliphatic carbocycles. The molecule has 56 heavy (non-hydrogen) atoms. The Morgan fingerprint density at radius 2 is 0.732 bits per heavy atom. The summed E-state index contributed by atoms with van der Waals surface area (Å²) >= 11 is 0. The lowest BCUT2D eigenvalue weighted by molar-refractivity contribution is -0.167. The van der Waals surface area contributed by atoms with Crippen molar-refractivity contribution in [1.29, 1.82) is 0 Å². The van der Waals surface area contributed by atoms with Crippen LogP contribution in [0.5, 0.6) is 0 Å². The van der Waals surface area contributed by atoms with Crippen molar-refractivity contribution in [3.05, 3.63) is 97.2 Å². The number of rotatable bonds is 38. The predicted octanol–water partition coefficient (Wildman–Crippen LogP) is 14.2. The quantitative estimate of drug-likeness (QED) is 0.0204. The number of esters is 3. The van der Waals surface area contributed by atoms with Crippen LogP contribution in [0.2, 0.25) is 0 Å². The summed E-state index contributed by atoms with van der Waals surface area (Å²) in [4.78, 5) is 37.6. The van der Waals surface area contributed by atoms with Crippen LogP contribution < -0.4 is 0 Å². The fraction of sp³-hybridized carbons (Fsp3) is 0.620. The maximum absolute atomic E-state index is 12.7. The van der Waals surface area contributed by atoms with Crippen LogP contribution in [-0.2, 0) is 28.6 Å². The van der Waals surface area contributed by atoms with Crippen LogP contribution in [0.15, 0.2) is 97.2 Å². The second-order valence-electron chi connectivity index (χ2n) is 14.4. The van der Waals surface area contributed by atoms with E-state index < -0.39 is 6.10 Å². The predicted molar refractivity (Wildman–Crippen MR) is 237 cm³/mol. The third kappa shape index (κ3) is 41.5. The van der Waals surface area contributed by atoms with Gasteiger partial charge in [0.1, 0.15) is 13.2 Å². The van der Waals surface area contributed by atoms with E-state index in [0.29, 0.717) is 19.3 Å². The van der Waals surface area contributed by atoms with Crippen molar-refractivity contribution < 1.29 is 28.6 Å². The number of ether oxygens (including phenoxy) is 3. The highest BCUT2D eigenvalue weighted by Gasteiger charge is 2.19. The molecular formula is C50H80O6. The largest absolute Gasteiger partial charge is 0.462 e. The van der Waals surface area contributed by atoms with Crippen LogP contribution in [0, 0.1) is 0 Å².